The van der Waals surface area contributed by atoms with E-state index in [1.165, 1.54) is 25.0 Å². The van der Waals surface area contributed by atoms with Crippen molar-refractivity contribution in [2.75, 3.05) is 6.61 Å². The van der Waals surface area contributed by atoms with Crippen molar-refractivity contribution in [1.29, 1.82) is 0 Å². The Morgan fingerprint density at radius 2 is 1.71 bits per heavy atom. The molecule has 3 aliphatic rings. The molecule has 0 amide bonds. The molecule has 172 valence electrons. The Morgan fingerprint density at radius 3 is 2.35 bits per heavy atom. The Morgan fingerprint density at radius 1 is 1.03 bits per heavy atom. The van der Waals surface area contributed by atoms with Crippen LogP contribution in [-0.4, -0.2) is 27.9 Å². The van der Waals surface area contributed by atoms with Gasteiger partial charge in [-0.3, -0.25) is 0 Å². The highest BCUT2D eigenvalue weighted by atomic mass is 16.4. The van der Waals surface area contributed by atoms with E-state index in [1.807, 2.05) is 0 Å². The Hall–Kier alpha value is -1.55. The average Bonchev–Trinajstić information content (AvgIpc) is 2.99. The predicted molar refractivity (Wildman–Crippen MR) is 122 cm³/mol. The van der Waals surface area contributed by atoms with Gasteiger partial charge in [-0.1, -0.05) is 34.6 Å². The largest absolute Gasteiger partial charge is 0.508 e. The van der Waals surface area contributed by atoms with Gasteiger partial charge in [0.25, 0.3) is 0 Å². The lowest BCUT2D eigenvalue weighted by Crippen LogP contribution is -2.59. The number of hydrogen-bond donors (Lipinski definition) is 3. The van der Waals surface area contributed by atoms with Crippen molar-refractivity contribution in [3.05, 3.63) is 29.3 Å². The molecule has 7 atom stereocenters. The van der Waals surface area contributed by atoms with Gasteiger partial charge in [-0.25, -0.2) is 4.79 Å². The lowest BCUT2D eigenvalue weighted by atomic mass is 9.39. The van der Waals surface area contributed by atoms with Crippen LogP contribution in [0.4, 0.5) is 0 Å². The molecule has 31 heavy (non-hydrogen) atoms. The number of aromatic hydroxyl groups is 1. The van der Waals surface area contributed by atoms with Gasteiger partial charge in [0.15, 0.2) is 0 Å². The fourth-order valence-electron chi connectivity index (χ4n) is 8.50. The summed E-state index contributed by atoms with van der Waals surface area (Å²) in [6.07, 6.45) is 7.65. The summed E-state index contributed by atoms with van der Waals surface area (Å²) in [7, 11) is 0. The van der Waals surface area contributed by atoms with E-state index in [1.54, 1.807) is 6.07 Å². The fraction of sp³-hybridized carbons (Fsp3) is 0.741. The maximum Gasteiger partial charge on any atom is 0.335 e. The number of carboxylic acid groups (broad SMARTS) is 1. The number of hydrogen-bond acceptors (Lipinski definition) is 3. The number of carbonyl (C=O) groups is 1. The van der Waals surface area contributed by atoms with Crippen molar-refractivity contribution < 1.29 is 20.1 Å². The zero-order valence-corrected chi connectivity index (χ0v) is 19.9. The van der Waals surface area contributed by atoms with Crippen LogP contribution >= 0.6 is 0 Å². The zero-order valence-electron chi connectivity index (χ0n) is 19.9. The van der Waals surface area contributed by atoms with Gasteiger partial charge in [0.05, 0.1) is 5.56 Å². The zero-order chi connectivity index (χ0) is 22.8. The molecule has 0 unspecified atom stereocenters. The van der Waals surface area contributed by atoms with Gasteiger partial charge in [0.1, 0.15) is 5.75 Å². The molecule has 3 fully saturated rings. The van der Waals surface area contributed by atoms with E-state index in [-0.39, 0.29) is 39.6 Å². The summed E-state index contributed by atoms with van der Waals surface area (Å²) < 4.78 is 0. The molecular formula is C27H40O4. The van der Waals surface area contributed by atoms with E-state index in [2.05, 4.69) is 34.6 Å². The smallest absolute Gasteiger partial charge is 0.335 e. The van der Waals surface area contributed by atoms with Crippen LogP contribution in [0.1, 0.15) is 89.1 Å². The highest BCUT2D eigenvalue weighted by Crippen LogP contribution is 2.73. The first kappa shape index (κ1) is 22.6. The van der Waals surface area contributed by atoms with Crippen LogP contribution < -0.4 is 0 Å². The molecule has 3 saturated carbocycles. The molecule has 4 heteroatoms. The first-order valence-corrected chi connectivity index (χ1v) is 12.1. The maximum atomic E-state index is 11.5. The second-order valence-electron chi connectivity index (χ2n) is 12.1. The van der Waals surface area contributed by atoms with E-state index in [0.29, 0.717) is 24.2 Å². The molecule has 0 bridgehead atoms. The van der Waals surface area contributed by atoms with E-state index in [9.17, 15) is 20.1 Å². The molecule has 4 rings (SSSR count). The van der Waals surface area contributed by atoms with Crippen LogP contribution in [0.5, 0.6) is 5.75 Å². The van der Waals surface area contributed by atoms with Gasteiger partial charge < -0.3 is 15.3 Å². The number of phenols is 1. The first-order valence-electron chi connectivity index (χ1n) is 12.1. The van der Waals surface area contributed by atoms with Crippen molar-refractivity contribution in [2.24, 2.45) is 39.4 Å². The summed E-state index contributed by atoms with van der Waals surface area (Å²) >= 11 is 0. The molecule has 0 aliphatic heterocycles. The summed E-state index contributed by atoms with van der Waals surface area (Å²) in [5.74, 6) is 0.890. The van der Waals surface area contributed by atoms with Gasteiger partial charge in [0, 0.05) is 6.61 Å². The molecule has 0 radical (unpaired) electrons. The standard InChI is InChI=1S/C27H40O4/c1-17-8-12-25(3)21(10-13-27(5)22(25)9-11-24(27,2)16-28)26(17,4)15-19-14-18(23(30)31)6-7-20(19)29/h6-7,14,17,21-22,28-29H,8-13,15-16H2,1-5H3,(H,30,31)/t17-,21+,22+,24-,25-,26+,27+/m0/s1. The predicted octanol–water partition coefficient (Wildman–Crippen LogP) is 5.90. The minimum absolute atomic E-state index is 0.000795. The number of aromatic carboxylic acids is 1. The lowest BCUT2D eigenvalue weighted by Gasteiger charge is -2.65. The van der Waals surface area contributed by atoms with Gasteiger partial charge in [-0.05, 0) is 108 Å². The fourth-order valence-corrected chi connectivity index (χ4v) is 8.50. The number of aliphatic hydroxyl groups excluding tert-OH is 1. The number of phenolic OH excluding ortho intramolecular Hbond substituents is 1. The van der Waals surface area contributed by atoms with Gasteiger partial charge in [0.2, 0.25) is 0 Å². The first-order chi connectivity index (χ1) is 14.4. The Kier molecular flexibility index (Phi) is 5.28. The van der Waals surface area contributed by atoms with Gasteiger partial charge >= 0.3 is 5.97 Å². The van der Waals surface area contributed by atoms with Crippen molar-refractivity contribution in [3.63, 3.8) is 0 Å². The second kappa shape index (κ2) is 7.23. The van der Waals surface area contributed by atoms with E-state index in [4.69, 9.17) is 0 Å². The van der Waals surface area contributed by atoms with Crippen LogP contribution in [0.15, 0.2) is 18.2 Å². The molecule has 0 heterocycles. The molecule has 1 aromatic carbocycles. The SMILES string of the molecule is C[C@H]1CC[C@@]2(C)[C@@H](CC[C@]3(C)[C@@H]2CC[C@@]3(C)CO)[C@]1(C)Cc1cc(C(=O)O)ccc1O. The average molecular weight is 429 g/mol. The van der Waals surface area contributed by atoms with E-state index < -0.39 is 5.97 Å². The van der Waals surface area contributed by atoms with Crippen LogP contribution in [0.3, 0.4) is 0 Å². The van der Waals surface area contributed by atoms with Crippen LogP contribution in [0.2, 0.25) is 0 Å². The Balaban J connectivity index is 1.72. The third kappa shape index (κ3) is 3.08. The van der Waals surface area contributed by atoms with Crippen LogP contribution in [0, 0.1) is 39.4 Å². The quantitative estimate of drug-likeness (QED) is 0.558. The van der Waals surface area contributed by atoms with E-state index >= 15 is 0 Å². The van der Waals surface area contributed by atoms with Crippen LogP contribution in [0.25, 0.3) is 0 Å². The highest BCUT2D eigenvalue weighted by molar-refractivity contribution is 5.88. The van der Waals surface area contributed by atoms with Crippen molar-refractivity contribution in [2.45, 2.75) is 79.6 Å². The summed E-state index contributed by atoms with van der Waals surface area (Å²) in [6, 6.07) is 4.70. The topological polar surface area (TPSA) is 77.8 Å². The van der Waals surface area contributed by atoms with E-state index in [0.717, 1.165) is 31.2 Å². The summed E-state index contributed by atoms with van der Waals surface area (Å²) in [5, 5.41) is 30.3. The maximum absolute atomic E-state index is 11.5. The number of rotatable bonds is 4. The molecule has 0 aromatic heterocycles. The number of carboxylic acids is 1. The number of fused-ring (bicyclic) bond motifs is 3. The monoisotopic (exact) mass is 428 g/mol. The van der Waals surface area contributed by atoms with Gasteiger partial charge in [-0.15, -0.1) is 0 Å². The minimum Gasteiger partial charge on any atom is -0.508 e. The third-order valence-corrected chi connectivity index (χ3v) is 11.0. The third-order valence-electron chi connectivity index (χ3n) is 11.0. The second-order valence-corrected chi connectivity index (χ2v) is 12.1. The Bertz CT molecular complexity index is 880. The summed E-state index contributed by atoms with van der Waals surface area (Å²) in [6.45, 7) is 12.2. The van der Waals surface area contributed by atoms with Crippen molar-refractivity contribution >= 4 is 5.97 Å². The summed E-state index contributed by atoms with van der Waals surface area (Å²) in [4.78, 5) is 11.5. The molecule has 0 spiro atoms. The van der Waals surface area contributed by atoms with Crippen molar-refractivity contribution in [1.82, 2.24) is 0 Å². The highest BCUT2D eigenvalue weighted by Gasteiger charge is 2.66. The lowest BCUT2D eigenvalue weighted by molar-refractivity contribution is -0.166. The minimum atomic E-state index is -0.949. The molecule has 0 saturated heterocycles. The summed E-state index contributed by atoms with van der Waals surface area (Å²) in [5.41, 5.74) is 1.38. The molecule has 3 aliphatic carbocycles. The van der Waals surface area contributed by atoms with Gasteiger partial charge in [-0.2, -0.15) is 0 Å². The van der Waals surface area contributed by atoms with Crippen LogP contribution in [-0.2, 0) is 6.42 Å². The normalized spacial score (nSPS) is 44.5. The Labute approximate surface area is 187 Å². The molecular weight excluding hydrogens is 388 g/mol. The van der Waals surface area contributed by atoms with Crippen molar-refractivity contribution in [3.8, 4) is 5.75 Å². The molecule has 1 aromatic rings. The number of benzene rings is 1. The molecule has 3 N–H and O–H groups in total. The molecule has 4 nitrogen and oxygen atoms in total. The number of aliphatic hydroxyl groups is 1.